The molecule has 0 spiro atoms. The van der Waals surface area contributed by atoms with E-state index in [9.17, 15) is 9.59 Å². The first kappa shape index (κ1) is 30.9. The van der Waals surface area contributed by atoms with Crippen LogP contribution >= 0.6 is 24.0 Å². The van der Waals surface area contributed by atoms with Gasteiger partial charge in [-0.2, -0.15) is 0 Å². The van der Waals surface area contributed by atoms with Crippen molar-refractivity contribution in [1.82, 2.24) is 15.5 Å². The Labute approximate surface area is 199 Å². The molecule has 0 saturated heterocycles. The SMILES string of the molecule is CCNC(=NCCCCC(=O)OC)N(C)CCC(NC(=O)OC(C)(C)C)C(C)C.I. The Balaban J connectivity index is 0. The van der Waals surface area contributed by atoms with Crippen LogP contribution in [0.15, 0.2) is 4.99 Å². The number of amides is 1. The van der Waals surface area contributed by atoms with E-state index in [0.29, 0.717) is 13.0 Å². The number of methoxy groups -OCH3 is 1. The molecule has 0 rings (SSSR count). The van der Waals surface area contributed by atoms with Gasteiger partial charge in [-0.15, -0.1) is 24.0 Å². The number of guanidine groups is 1. The lowest BCUT2D eigenvalue weighted by atomic mass is 10.0. The first-order chi connectivity index (χ1) is 13.5. The highest BCUT2D eigenvalue weighted by molar-refractivity contribution is 14.0. The molecule has 0 aliphatic rings. The van der Waals surface area contributed by atoms with E-state index in [1.165, 1.54) is 7.11 Å². The van der Waals surface area contributed by atoms with E-state index in [0.717, 1.165) is 38.3 Å². The van der Waals surface area contributed by atoms with Gasteiger partial charge in [-0.05, 0) is 52.9 Å². The zero-order valence-electron chi connectivity index (χ0n) is 20.0. The second kappa shape index (κ2) is 16.4. The number of hydrogen-bond donors (Lipinski definition) is 2. The molecule has 8 nitrogen and oxygen atoms in total. The zero-order valence-corrected chi connectivity index (χ0v) is 22.4. The summed E-state index contributed by atoms with van der Waals surface area (Å²) >= 11 is 0. The van der Waals surface area contributed by atoms with Crippen LogP contribution < -0.4 is 10.6 Å². The number of alkyl carbamates (subject to hydrolysis) is 1. The molecule has 0 bridgehead atoms. The highest BCUT2D eigenvalue weighted by atomic mass is 127. The van der Waals surface area contributed by atoms with Gasteiger partial charge in [0.25, 0.3) is 0 Å². The van der Waals surface area contributed by atoms with Crippen molar-refractivity contribution in [3.63, 3.8) is 0 Å². The molecule has 0 aromatic carbocycles. The first-order valence-electron chi connectivity index (χ1n) is 10.6. The van der Waals surface area contributed by atoms with Crippen molar-refractivity contribution in [1.29, 1.82) is 0 Å². The molecule has 1 amide bonds. The molecule has 0 aromatic heterocycles. The molecule has 0 aliphatic heterocycles. The standard InChI is InChI=1S/C21H42N4O4.HI/c1-9-22-19(23-14-11-10-12-18(26)28-8)25(7)15-13-17(16(2)3)24-20(27)29-21(4,5)6;/h16-17H,9-15H2,1-8H3,(H,22,23)(H,24,27);1H. The predicted octanol–water partition coefficient (Wildman–Crippen LogP) is 3.78. The lowest BCUT2D eigenvalue weighted by Gasteiger charge is -2.28. The van der Waals surface area contributed by atoms with Crippen LogP contribution in [0.3, 0.4) is 0 Å². The van der Waals surface area contributed by atoms with Crippen LogP contribution in [0.1, 0.15) is 67.2 Å². The molecule has 178 valence electrons. The van der Waals surface area contributed by atoms with Gasteiger partial charge >= 0.3 is 12.1 Å². The van der Waals surface area contributed by atoms with Crippen LogP contribution in [0.25, 0.3) is 0 Å². The minimum Gasteiger partial charge on any atom is -0.469 e. The Morgan fingerprint density at radius 2 is 1.80 bits per heavy atom. The second-order valence-electron chi connectivity index (χ2n) is 8.48. The lowest BCUT2D eigenvalue weighted by Crippen LogP contribution is -2.45. The second-order valence-corrected chi connectivity index (χ2v) is 8.48. The zero-order chi connectivity index (χ0) is 22.4. The van der Waals surface area contributed by atoms with Gasteiger partial charge in [0.15, 0.2) is 5.96 Å². The fraction of sp³-hybridized carbons (Fsp3) is 0.857. The van der Waals surface area contributed by atoms with Crippen LogP contribution in [-0.2, 0) is 14.3 Å². The highest BCUT2D eigenvalue weighted by Crippen LogP contribution is 2.11. The smallest absolute Gasteiger partial charge is 0.407 e. The largest absolute Gasteiger partial charge is 0.469 e. The number of unbranched alkanes of at least 4 members (excludes halogenated alkanes) is 1. The number of halogens is 1. The summed E-state index contributed by atoms with van der Waals surface area (Å²) in [6.07, 6.45) is 2.40. The van der Waals surface area contributed by atoms with Crippen LogP contribution in [-0.4, -0.2) is 68.4 Å². The van der Waals surface area contributed by atoms with Crippen molar-refractivity contribution in [2.24, 2.45) is 10.9 Å². The summed E-state index contributed by atoms with van der Waals surface area (Å²) in [5, 5.41) is 6.27. The van der Waals surface area contributed by atoms with Crippen molar-refractivity contribution in [2.75, 3.05) is 33.8 Å². The van der Waals surface area contributed by atoms with Gasteiger partial charge in [0.05, 0.1) is 7.11 Å². The number of esters is 1. The number of rotatable bonds is 11. The van der Waals surface area contributed by atoms with Crippen molar-refractivity contribution in [2.45, 2.75) is 78.9 Å². The third-order valence-corrected chi connectivity index (χ3v) is 4.26. The van der Waals surface area contributed by atoms with Gasteiger partial charge in [0, 0.05) is 39.1 Å². The first-order valence-corrected chi connectivity index (χ1v) is 10.6. The average Bonchev–Trinajstić information content (AvgIpc) is 2.61. The molecule has 0 saturated carbocycles. The number of nitrogens with zero attached hydrogens (tertiary/aromatic N) is 2. The van der Waals surface area contributed by atoms with E-state index in [-0.39, 0.29) is 48.0 Å². The minimum atomic E-state index is -0.513. The summed E-state index contributed by atoms with van der Waals surface area (Å²) in [4.78, 5) is 30.0. The summed E-state index contributed by atoms with van der Waals surface area (Å²) < 4.78 is 10.0. The molecular weight excluding hydrogens is 499 g/mol. The quantitative estimate of drug-likeness (QED) is 0.136. The van der Waals surface area contributed by atoms with Gasteiger partial charge in [-0.3, -0.25) is 9.79 Å². The van der Waals surface area contributed by atoms with Gasteiger partial charge in [0.2, 0.25) is 0 Å². The molecule has 30 heavy (non-hydrogen) atoms. The predicted molar refractivity (Wildman–Crippen MR) is 133 cm³/mol. The maximum absolute atomic E-state index is 12.1. The van der Waals surface area contributed by atoms with Crippen molar-refractivity contribution in [3.8, 4) is 0 Å². The fourth-order valence-corrected chi connectivity index (χ4v) is 2.61. The number of hydrogen-bond acceptors (Lipinski definition) is 5. The average molecular weight is 543 g/mol. The maximum Gasteiger partial charge on any atom is 0.407 e. The van der Waals surface area contributed by atoms with Crippen LogP contribution in [0.4, 0.5) is 4.79 Å². The van der Waals surface area contributed by atoms with E-state index < -0.39 is 5.60 Å². The third kappa shape index (κ3) is 15.6. The normalized spacial score (nSPS) is 12.6. The van der Waals surface area contributed by atoms with E-state index in [1.807, 2.05) is 34.7 Å². The van der Waals surface area contributed by atoms with E-state index in [1.54, 1.807) is 0 Å². The molecule has 1 atom stereocenters. The topological polar surface area (TPSA) is 92.3 Å². The Morgan fingerprint density at radius 3 is 2.30 bits per heavy atom. The number of ether oxygens (including phenoxy) is 2. The number of nitrogens with one attached hydrogen (secondary N) is 2. The van der Waals surface area contributed by atoms with Gasteiger partial charge in [0.1, 0.15) is 5.60 Å². The molecule has 0 heterocycles. The van der Waals surface area contributed by atoms with Crippen LogP contribution in [0.2, 0.25) is 0 Å². The monoisotopic (exact) mass is 542 g/mol. The summed E-state index contributed by atoms with van der Waals surface area (Å²) in [5.41, 5.74) is -0.513. The Kier molecular flexibility index (Phi) is 16.9. The minimum absolute atomic E-state index is 0. The van der Waals surface area contributed by atoms with Crippen molar-refractivity contribution in [3.05, 3.63) is 0 Å². The van der Waals surface area contributed by atoms with Gasteiger partial charge < -0.3 is 25.0 Å². The summed E-state index contributed by atoms with van der Waals surface area (Å²) in [6, 6.07) is 0.00947. The molecule has 1 unspecified atom stereocenters. The Morgan fingerprint density at radius 1 is 1.17 bits per heavy atom. The van der Waals surface area contributed by atoms with Gasteiger partial charge in [-0.1, -0.05) is 13.8 Å². The molecule has 0 radical (unpaired) electrons. The third-order valence-electron chi connectivity index (χ3n) is 4.26. The summed E-state index contributed by atoms with van der Waals surface area (Å²) in [7, 11) is 3.39. The van der Waals surface area contributed by atoms with Crippen LogP contribution in [0.5, 0.6) is 0 Å². The van der Waals surface area contributed by atoms with Crippen molar-refractivity contribution >= 4 is 42.0 Å². The highest BCUT2D eigenvalue weighted by Gasteiger charge is 2.22. The molecule has 0 fully saturated rings. The summed E-state index contributed by atoms with van der Waals surface area (Å²) in [5.74, 6) is 0.925. The molecule has 0 aromatic rings. The molecular formula is C21H43IN4O4. The fourth-order valence-electron chi connectivity index (χ4n) is 2.61. The molecule has 9 heteroatoms. The molecule has 0 aliphatic carbocycles. The number of carbonyl (C=O) groups is 2. The van der Waals surface area contributed by atoms with Crippen molar-refractivity contribution < 1.29 is 19.1 Å². The Hall–Kier alpha value is -1.26. The van der Waals surface area contributed by atoms with E-state index in [2.05, 4.69) is 39.1 Å². The van der Waals surface area contributed by atoms with E-state index in [4.69, 9.17) is 4.74 Å². The Bertz CT molecular complexity index is 522. The maximum atomic E-state index is 12.1. The number of aliphatic imine (C=N–C) groups is 1. The molecule has 2 N–H and O–H groups in total. The van der Waals surface area contributed by atoms with E-state index >= 15 is 0 Å². The lowest BCUT2D eigenvalue weighted by molar-refractivity contribution is -0.140. The van der Waals surface area contributed by atoms with Crippen LogP contribution in [0, 0.1) is 5.92 Å². The van der Waals surface area contributed by atoms with Gasteiger partial charge in [-0.25, -0.2) is 4.79 Å². The summed E-state index contributed by atoms with van der Waals surface area (Å²) in [6.45, 7) is 13.9. The number of carbonyl (C=O) groups excluding carboxylic acids is 2.